The van der Waals surface area contributed by atoms with Crippen LogP contribution >= 0.6 is 0 Å². The fourth-order valence-electron chi connectivity index (χ4n) is 4.60. The standard InChI is InChI=1S/C17H22O2.C16H20O3/c1-3-7-16(19-17-8-5-6-13-18-17)15-11-9-14(4-2)10-12-15;1-2-13-6-8-14(9-7-13)15(10-11-17)19-16-5-3-4-12-18-16/h2,9-12,16-17H,3,5-8,13H2,1H3;1,6-9,15-17H,3-5,10-12H2/t16-,17?;15-,16?/m11/s1. The highest BCUT2D eigenvalue weighted by Gasteiger charge is 2.22. The van der Waals surface area contributed by atoms with Crippen molar-refractivity contribution in [2.24, 2.45) is 0 Å². The van der Waals surface area contributed by atoms with Crippen molar-refractivity contribution < 1.29 is 24.1 Å². The molecule has 4 rings (SSSR count). The summed E-state index contributed by atoms with van der Waals surface area (Å²) in [5.74, 6) is 5.23. The molecule has 2 aliphatic rings. The highest BCUT2D eigenvalue weighted by molar-refractivity contribution is 5.35. The molecule has 2 aliphatic heterocycles. The Morgan fingerprint density at radius 3 is 1.55 bits per heavy atom. The molecule has 0 amide bonds. The zero-order chi connectivity index (χ0) is 27.0. The van der Waals surface area contributed by atoms with E-state index in [-0.39, 0.29) is 31.4 Å². The molecule has 0 bridgehead atoms. The minimum Gasteiger partial charge on any atom is -0.396 e. The highest BCUT2D eigenvalue weighted by atomic mass is 16.7. The summed E-state index contributed by atoms with van der Waals surface area (Å²) in [6.07, 6.45) is 19.7. The molecule has 2 heterocycles. The summed E-state index contributed by atoms with van der Waals surface area (Å²) in [6.45, 7) is 3.84. The van der Waals surface area contributed by atoms with E-state index in [0.717, 1.165) is 74.8 Å². The summed E-state index contributed by atoms with van der Waals surface area (Å²) in [4.78, 5) is 0. The zero-order valence-electron chi connectivity index (χ0n) is 22.6. The van der Waals surface area contributed by atoms with Crippen molar-refractivity contribution in [2.75, 3.05) is 19.8 Å². The van der Waals surface area contributed by atoms with E-state index in [1.54, 1.807) is 0 Å². The first-order valence-corrected chi connectivity index (χ1v) is 13.9. The van der Waals surface area contributed by atoms with Gasteiger partial charge < -0.3 is 24.1 Å². The number of rotatable bonds is 10. The van der Waals surface area contributed by atoms with Crippen LogP contribution in [-0.2, 0) is 18.9 Å². The molecule has 38 heavy (non-hydrogen) atoms. The van der Waals surface area contributed by atoms with Crippen LogP contribution in [-0.4, -0.2) is 37.5 Å². The van der Waals surface area contributed by atoms with E-state index in [1.807, 2.05) is 36.4 Å². The molecule has 0 spiro atoms. The molecule has 2 aromatic rings. The fourth-order valence-corrected chi connectivity index (χ4v) is 4.60. The van der Waals surface area contributed by atoms with Crippen molar-refractivity contribution in [1.29, 1.82) is 0 Å². The summed E-state index contributed by atoms with van der Waals surface area (Å²) in [6, 6.07) is 15.8. The van der Waals surface area contributed by atoms with E-state index < -0.39 is 0 Å². The zero-order valence-corrected chi connectivity index (χ0v) is 22.6. The van der Waals surface area contributed by atoms with Crippen LogP contribution in [0.15, 0.2) is 48.5 Å². The predicted molar refractivity (Wildman–Crippen MR) is 150 cm³/mol. The van der Waals surface area contributed by atoms with Gasteiger partial charge in [-0.3, -0.25) is 0 Å². The highest BCUT2D eigenvalue weighted by Crippen LogP contribution is 2.28. The lowest BCUT2D eigenvalue weighted by atomic mass is 10.0. The molecule has 1 N–H and O–H groups in total. The average molecular weight is 519 g/mol. The average Bonchev–Trinajstić information content (AvgIpc) is 2.98. The number of hydrogen-bond acceptors (Lipinski definition) is 5. The third-order valence-corrected chi connectivity index (χ3v) is 6.75. The Labute approximate surface area is 228 Å². The third-order valence-electron chi connectivity index (χ3n) is 6.75. The Morgan fingerprint density at radius 2 is 1.21 bits per heavy atom. The summed E-state index contributed by atoms with van der Waals surface area (Å²) in [5.41, 5.74) is 3.98. The van der Waals surface area contributed by atoms with Crippen molar-refractivity contribution in [1.82, 2.24) is 0 Å². The maximum absolute atomic E-state index is 9.18. The Balaban J connectivity index is 0.000000211. The van der Waals surface area contributed by atoms with Gasteiger partial charge >= 0.3 is 0 Å². The van der Waals surface area contributed by atoms with Crippen LogP contribution in [0.4, 0.5) is 0 Å². The van der Waals surface area contributed by atoms with E-state index in [9.17, 15) is 5.11 Å². The van der Waals surface area contributed by atoms with Crippen LogP contribution < -0.4 is 0 Å². The first-order chi connectivity index (χ1) is 18.7. The first-order valence-electron chi connectivity index (χ1n) is 13.9. The maximum atomic E-state index is 9.18. The van der Waals surface area contributed by atoms with Crippen LogP contribution in [0.25, 0.3) is 0 Å². The monoisotopic (exact) mass is 518 g/mol. The van der Waals surface area contributed by atoms with Gasteiger partial charge in [0.15, 0.2) is 12.6 Å². The number of benzene rings is 2. The fraction of sp³-hybridized carbons (Fsp3) is 0.515. The summed E-state index contributed by atoms with van der Waals surface area (Å²) in [7, 11) is 0. The molecular formula is C33H42O5. The molecule has 0 radical (unpaired) electrons. The van der Waals surface area contributed by atoms with Crippen molar-refractivity contribution in [3.63, 3.8) is 0 Å². The van der Waals surface area contributed by atoms with Gasteiger partial charge in [-0.2, -0.15) is 0 Å². The van der Waals surface area contributed by atoms with Gasteiger partial charge in [-0.15, -0.1) is 12.8 Å². The van der Waals surface area contributed by atoms with E-state index in [4.69, 9.17) is 31.8 Å². The molecule has 0 saturated carbocycles. The van der Waals surface area contributed by atoms with Gasteiger partial charge in [0.1, 0.15) is 0 Å². The lowest BCUT2D eigenvalue weighted by Crippen LogP contribution is -2.25. The van der Waals surface area contributed by atoms with Gasteiger partial charge in [0.05, 0.1) is 12.2 Å². The molecule has 0 aromatic heterocycles. The lowest BCUT2D eigenvalue weighted by molar-refractivity contribution is -0.192. The van der Waals surface area contributed by atoms with Crippen LogP contribution in [0.3, 0.4) is 0 Å². The molecule has 4 atom stereocenters. The third kappa shape index (κ3) is 9.91. The van der Waals surface area contributed by atoms with Crippen LogP contribution in [0.1, 0.15) is 99.2 Å². The minimum atomic E-state index is -0.155. The summed E-state index contributed by atoms with van der Waals surface area (Å²) in [5, 5.41) is 9.18. The van der Waals surface area contributed by atoms with Crippen molar-refractivity contribution in [2.45, 2.75) is 89.5 Å². The second kappa shape index (κ2) is 17.0. The SMILES string of the molecule is C#Cc1ccc([C@@H](CCC)OC2CCCCO2)cc1.C#Cc1ccc([C@@H](CCO)OC2CCCCO2)cc1. The molecule has 2 unspecified atom stereocenters. The number of ether oxygens (including phenoxy) is 4. The van der Waals surface area contributed by atoms with Crippen LogP contribution in [0.5, 0.6) is 0 Å². The Kier molecular flexibility index (Phi) is 13.4. The normalized spacial score (nSPS) is 20.7. The number of aliphatic hydroxyl groups is 1. The number of terminal acetylenes is 2. The Morgan fingerprint density at radius 1 is 0.763 bits per heavy atom. The second-order valence-corrected chi connectivity index (χ2v) is 9.68. The smallest absolute Gasteiger partial charge is 0.158 e. The van der Waals surface area contributed by atoms with Crippen molar-refractivity contribution in [3.8, 4) is 24.7 Å². The molecule has 2 aromatic carbocycles. The predicted octanol–water partition coefficient (Wildman–Crippen LogP) is 6.69. The lowest BCUT2D eigenvalue weighted by Gasteiger charge is -2.28. The largest absolute Gasteiger partial charge is 0.396 e. The Bertz CT molecular complexity index is 906. The van der Waals surface area contributed by atoms with Gasteiger partial charge in [0, 0.05) is 37.4 Å². The number of aliphatic hydroxyl groups excluding tert-OH is 1. The topological polar surface area (TPSA) is 57.2 Å². The van der Waals surface area contributed by atoms with Crippen LogP contribution in [0.2, 0.25) is 0 Å². The van der Waals surface area contributed by atoms with Crippen molar-refractivity contribution in [3.05, 3.63) is 70.8 Å². The van der Waals surface area contributed by atoms with Gasteiger partial charge in [-0.05, 0) is 80.3 Å². The first kappa shape index (κ1) is 29.9. The number of hydrogen-bond donors (Lipinski definition) is 1. The van der Waals surface area contributed by atoms with Crippen LogP contribution in [0, 0.1) is 24.7 Å². The minimum absolute atomic E-state index is 0.0439. The van der Waals surface area contributed by atoms with Crippen molar-refractivity contribution >= 4 is 0 Å². The Hall–Kier alpha value is -2.64. The van der Waals surface area contributed by atoms with E-state index in [1.165, 1.54) is 12.0 Å². The molecule has 5 nitrogen and oxygen atoms in total. The maximum Gasteiger partial charge on any atom is 0.158 e. The van der Waals surface area contributed by atoms with E-state index >= 15 is 0 Å². The van der Waals surface area contributed by atoms with Gasteiger partial charge in [-0.1, -0.05) is 49.5 Å². The molecule has 2 fully saturated rings. The van der Waals surface area contributed by atoms with E-state index in [2.05, 4.69) is 30.9 Å². The quantitative estimate of drug-likeness (QED) is 0.355. The molecule has 0 aliphatic carbocycles. The van der Waals surface area contributed by atoms with Gasteiger partial charge in [0.2, 0.25) is 0 Å². The molecule has 5 heteroatoms. The summed E-state index contributed by atoms with van der Waals surface area (Å²) >= 11 is 0. The second-order valence-electron chi connectivity index (χ2n) is 9.68. The van der Waals surface area contributed by atoms with Gasteiger partial charge in [0.25, 0.3) is 0 Å². The molecular weight excluding hydrogens is 476 g/mol. The van der Waals surface area contributed by atoms with E-state index in [0.29, 0.717) is 6.42 Å². The summed E-state index contributed by atoms with van der Waals surface area (Å²) < 4.78 is 23.3. The van der Waals surface area contributed by atoms with Gasteiger partial charge in [-0.25, -0.2) is 0 Å². The molecule has 2 saturated heterocycles. The molecule has 204 valence electrons.